The summed E-state index contributed by atoms with van der Waals surface area (Å²) in [6.45, 7) is 22.9. The first-order chi connectivity index (χ1) is 54.9. The minimum absolute atomic E-state index is 0. The molecule has 3 N–H and O–H groups in total. The van der Waals surface area contributed by atoms with E-state index >= 15 is 0 Å². The average molecular weight is 1850 g/mol. The van der Waals surface area contributed by atoms with Crippen molar-refractivity contribution in [3.8, 4) is 39.1 Å². The van der Waals surface area contributed by atoms with Crippen molar-refractivity contribution in [2.24, 2.45) is 45.8 Å². The molecule has 0 amide bonds. The lowest BCUT2D eigenvalue weighted by molar-refractivity contribution is -0.145. The molecule has 7 aromatic heterocycles. The maximum Gasteiger partial charge on any atom is 0.569 e. The Kier molecular flexibility index (Phi) is 46.5. The quantitative estimate of drug-likeness (QED) is 0.0210. The number of carbonyl (C=O) groups is 2. The van der Waals surface area contributed by atoms with E-state index in [1.165, 1.54) is 100 Å². The number of nitrogens with two attached hydrogens (primary N) is 1. The summed E-state index contributed by atoms with van der Waals surface area (Å²) in [5.41, 5.74) is 16.9. The molecule has 0 bridgehead atoms. The van der Waals surface area contributed by atoms with E-state index in [0.717, 1.165) is 118 Å². The molecular weight excluding hydrogens is 1740 g/mol. The fourth-order valence-electron chi connectivity index (χ4n) is 11.1. The van der Waals surface area contributed by atoms with Crippen LogP contribution < -0.4 is 10.4 Å². The topological polar surface area (TPSA) is 252 Å². The highest BCUT2D eigenvalue weighted by molar-refractivity contribution is 9.11. The third-order valence-corrected chi connectivity index (χ3v) is 27.3. The number of esters is 2. The summed E-state index contributed by atoms with van der Waals surface area (Å²) in [4.78, 5) is 40.5. The molecule has 7 heterocycles. The van der Waals surface area contributed by atoms with Crippen molar-refractivity contribution >= 4 is 143 Å². The molecule has 2 atom stereocenters. The van der Waals surface area contributed by atoms with Gasteiger partial charge in [0.15, 0.2) is 0 Å². The minimum atomic E-state index is -3.61. The first kappa shape index (κ1) is 99.2. The first-order valence-electron chi connectivity index (χ1n) is 38.9. The van der Waals surface area contributed by atoms with E-state index in [4.69, 9.17) is 20.2 Å². The van der Waals surface area contributed by atoms with Gasteiger partial charge in [-0.3, -0.25) is 28.3 Å². The monoisotopic (exact) mass is 1850 g/mol. The molecule has 2 unspecified atom stereocenters. The zero-order valence-electron chi connectivity index (χ0n) is 68.7. The molecule has 20 nitrogen and oxygen atoms in total. The number of ether oxygens (including phenoxy) is 2. The number of halogens is 3. The van der Waals surface area contributed by atoms with Crippen molar-refractivity contribution < 1.29 is 37.2 Å². The Morgan fingerprint density at radius 3 is 1.37 bits per heavy atom. The van der Waals surface area contributed by atoms with Crippen LogP contribution in [0.4, 0.5) is 0 Å². The van der Waals surface area contributed by atoms with E-state index < -0.39 is 9.84 Å². The van der Waals surface area contributed by atoms with E-state index in [1.807, 2.05) is 80.7 Å². The zero-order chi connectivity index (χ0) is 83.0. The number of benzene rings is 4. The lowest BCUT2D eigenvalue weighted by Crippen LogP contribution is -2.14. The van der Waals surface area contributed by atoms with Gasteiger partial charge in [-0.25, -0.2) is 23.4 Å². The van der Waals surface area contributed by atoms with Crippen molar-refractivity contribution in [2.75, 3.05) is 24.7 Å². The predicted molar refractivity (Wildman–Crippen MR) is 486 cm³/mol. The number of thiazole rings is 3. The number of unbranched alkanes of at least 4 members (excludes halogenated alkanes) is 2. The third kappa shape index (κ3) is 35.6. The van der Waals surface area contributed by atoms with E-state index in [1.54, 1.807) is 98.9 Å². The fraction of sp³-hybridized carbons (Fsp3) is 0.440. The Morgan fingerprint density at radius 2 is 0.957 bits per heavy atom. The second-order valence-corrected chi connectivity index (χ2v) is 38.2. The Morgan fingerprint density at radius 1 is 0.513 bits per heavy atom. The Hall–Kier alpha value is -6.42. The van der Waals surface area contributed by atoms with E-state index in [0.29, 0.717) is 56.3 Å². The van der Waals surface area contributed by atoms with Gasteiger partial charge in [0, 0.05) is 101 Å². The maximum absolute atomic E-state index is 12.9. The standard InChI is InChI=1S/C23H34N2O2S.C19H29BrO2S.C17H19N3S2.C16H18N4O2S2.C5H6BrNS.C4H6BN2O2.ClH/c1-5-8-9-18(6-2)17-27-23(26)10-11-28-22-13-19(7-3)12-20(14-22)21-15-24-25(4)16-21;1-4-7-8-15(5-2)14-22-19(21)9-10-23-18-12-16(6-3)11-17(20)13-18;1-4-12-6-13(14-9-19-20(3)11-14)8-15(7-12)21-17-10-18-16(5-2)22-17;1-3-11-4-12(13-8-19-20(2)10-13)6-14(5-11)24(21,22)16-9-18-15(7-17)23-16;1-2-5-7-3-4(6)8-5;1-7-3-4(2-6-7)9-5-8;/h12-16,18H,5-11,17H2,1-4H3;11-13,15H,4-10,14H2,1-3H3;6-11H,4-5H2,1-3H3;4-6,8-10H,3,7,17H2,1-2H3;3H,2H2,1H3;2-3,8H,1H3;1H. The molecule has 4 aromatic carbocycles. The van der Waals surface area contributed by atoms with Crippen LogP contribution in [0, 0.1) is 11.8 Å². The number of aromatic nitrogens is 11. The maximum atomic E-state index is 12.9. The molecule has 115 heavy (non-hydrogen) atoms. The Bertz CT molecular complexity index is 4780. The van der Waals surface area contributed by atoms with Gasteiger partial charge in [0.1, 0.15) is 15.0 Å². The van der Waals surface area contributed by atoms with Gasteiger partial charge in [0.25, 0.3) is 0 Å². The fourth-order valence-corrected chi connectivity index (χ4v) is 19.6. The number of hydrogen-bond acceptors (Lipinski definition) is 22. The van der Waals surface area contributed by atoms with Crippen LogP contribution in [0.2, 0.25) is 0 Å². The van der Waals surface area contributed by atoms with Crippen LogP contribution in [0.25, 0.3) is 33.4 Å². The summed E-state index contributed by atoms with van der Waals surface area (Å²) < 4.78 is 52.0. The second-order valence-electron chi connectivity index (χ2n) is 26.7. The van der Waals surface area contributed by atoms with Crippen LogP contribution in [-0.2, 0) is 102 Å². The van der Waals surface area contributed by atoms with Gasteiger partial charge >= 0.3 is 19.6 Å². The number of nitrogens with zero attached hydrogens (tertiary/aromatic N) is 11. The summed E-state index contributed by atoms with van der Waals surface area (Å²) in [6.07, 6.45) is 35.9. The molecule has 623 valence electrons. The summed E-state index contributed by atoms with van der Waals surface area (Å²) in [7, 11) is 4.49. The van der Waals surface area contributed by atoms with Crippen LogP contribution in [-0.4, -0.2) is 112 Å². The highest BCUT2D eigenvalue weighted by atomic mass is 79.9. The molecular formula is C84H113BBr2ClN12O8S7. The molecule has 0 aliphatic heterocycles. The van der Waals surface area contributed by atoms with Crippen molar-refractivity contribution in [1.29, 1.82) is 0 Å². The van der Waals surface area contributed by atoms with E-state index in [-0.39, 0.29) is 40.0 Å². The van der Waals surface area contributed by atoms with Gasteiger partial charge in [-0.15, -0.1) is 69.9 Å². The second kappa shape index (κ2) is 53.9. The highest BCUT2D eigenvalue weighted by Crippen LogP contribution is 2.37. The molecule has 31 heteroatoms. The smallest absolute Gasteiger partial charge is 0.535 e. The van der Waals surface area contributed by atoms with Crippen LogP contribution in [0.15, 0.2) is 177 Å². The lowest BCUT2D eigenvalue weighted by atomic mass is 10.0. The third-order valence-electron chi connectivity index (χ3n) is 17.8. The van der Waals surface area contributed by atoms with Gasteiger partial charge in [-0.05, 0) is 173 Å². The number of thioether (sulfide) groups is 2. The molecule has 11 rings (SSSR count). The molecule has 0 fully saturated rings. The molecule has 0 saturated heterocycles. The van der Waals surface area contributed by atoms with Crippen LogP contribution in [0.3, 0.4) is 0 Å². The zero-order valence-corrected chi connectivity index (χ0v) is 78.4. The van der Waals surface area contributed by atoms with E-state index in [2.05, 4.69) is 195 Å². The van der Waals surface area contributed by atoms with Crippen LogP contribution >= 0.6 is 114 Å². The summed E-state index contributed by atoms with van der Waals surface area (Å²) in [6, 6.07) is 25.2. The van der Waals surface area contributed by atoms with Gasteiger partial charge in [-0.1, -0.05) is 154 Å². The summed E-state index contributed by atoms with van der Waals surface area (Å²) >= 11 is 16.7. The molecule has 11 aromatic rings. The molecule has 0 spiro atoms. The van der Waals surface area contributed by atoms with Gasteiger partial charge < -0.3 is 24.9 Å². The molecule has 0 saturated carbocycles. The number of rotatable bonds is 36. The average Bonchev–Trinajstić information content (AvgIpc) is 1.75. The first-order valence-corrected chi connectivity index (χ1v) is 47.2. The Labute approximate surface area is 730 Å². The largest absolute Gasteiger partial charge is 0.569 e. The van der Waals surface area contributed by atoms with Crippen molar-refractivity contribution in [3.05, 3.63) is 186 Å². The molecule has 1 radical (unpaired) electrons. The number of hydrogen-bond donors (Lipinski definition) is 2. The highest BCUT2D eigenvalue weighted by Gasteiger charge is 2.23. The number of sulfone groups is 1. The number of carbonyl (C=O) groups excluding carboxylic acids is 2. The summed E-state index contributed by atoms with van der Waals surface area (Å²) in [5, 5.41) is 27.6. The van der Waals surface area contributed by atoms with Crippen LogP contribution in [0.1, 0.15) is 171 Å². The predicted octanol–water partition coefficient (Wildman–Crippen LogP) is 21.6. The SMILES string of the molecule is CCCCC(CC)COC(=O)CCSc1cc(Br)cc(CC)c1.CCCCC(CC)COC(=O)CCSc1cc(CC)cc(-c2cnn(C)c2)c1.CCc1cc(-c2cnn(C)c2)cc(S(=O)(=O)c2cnc(CN)s2)c1.CCc1cc(Sc2cnc(CC)s2)cc(-c2cnn(C)c2)c1.CCc1ncc(Br)s1.Cl.Cn1cc(O[B]O)cn1. The number of aryl methyl sites for hydroxylation is 10. The van der Waals surface area contributed by atoms with Crippen molar-refractivity contribution in [1.82, 2.24) is 54.1 Å². The Balaban J connectivity index is 0.000000255. The van der Waals surface area contributed by atoms with E-state index in [9.17, 15) is 18.0 Å². The van der Waals surface area contributed by atoms with Crippen molar-refractivity contribution in [2.45, 2.75) is 207 Å². The van der Waals surface area contributed by atoms with Gasteiger partial charge in [-0.2, -0.15) is 20.4 Å². The van der Waals surface area contributed by atoms with Gasteiger partial charge in [0.2, 0.25) is 9.84 Å². The minimum Gasteiger partial charge on any atom is -0.535 e. The van der Waals surface area contributed by atoms with Crippen LogP contribution in [0.5, 0.6) is 5.75 Å². The normalized spacial score (nSPS) is 11.4. The lowest BCUT2D eigenvalue weighted by Gasteiger charge is -2.14. The molecule has 0 aliphatic rings. The van der Waals surface area contributed by atoms with Crippen molar-refractivity contribution in [3.63, 3.8) is 0 Å². The van der Waals surface area contributed by atoms with Gasteiger partial charge in [0.05, 0.1) is 98.5 Å². The summed E-state index contributed by atoms with van der Waals surface area (Å²) in [5.74, 6) is 2.90. The molecule has 0 aliphatic carbocycles.